The Balaban J connectivity index is 1.37. The van der Waals surface area contributed by atoms with Gasteiger partial charge in [-0.2, -0.15) is 5.10 Å². The van der Waals surface area contributed by atoms with Crippen molar-refractivity contribution in [2.45, 2.75) is 69.9 Å². The first-order valence-electron chi connectivity index (χ1n) is 12.5. The highest BCUT2D eigenvalue weighted by Gasteiger charge is 2.21. The molecule has 2 aliphatic carbocycles. The van der Waals surface area contributed by atoms with Crippen LogP contribution in [0, 0.1) is 0 Å². The van der Waals surface area contributed by atoms with Crippen LogP contribution in [0.5, 0.6) is 0 Å². The standard InChI is InChI=1S/C26H35N5O3S/c27-35(33,34)24-16-14-23(15-17-24)31-25(20-9-4-3-5-10-20)19-22(30-31)13-8-18-28-26(32)29-21-11-6-1-2-7-12-21/h3-5,9-10,14,16-17,19,21,23H,1-2,6-8,11-13,15,18H2,(H2,27,33,34)(H2,28,29,32). The molecule has 4 N–H and O–H groups in total. The fourth-order valence-electron chi connectivity index (χ4n) is 4.76. The number of benzene rings is 1. The Morgan fingerprint density at radius 2 is 1.86 bits per heavy atom. The molecular weight excluding hydrogens is 462 g/mol. The fraction of sp³-hybridized carbons (Fsp3) is 0.462. The number of allylic oxidation sites excluding steroid dienone is 3. The van der Waals surface area contributed by atoms with Gasteiger partial charge in [-0.1, -0.05) is 68.2 Å². The second-order valence-electron chi connectivity index (χ2n) is 9.34. The summed E-state index contributed by atoms with van der Waals surface area (Å²) in [6, 6.07) is 12.2. The molecule has 2 aliphatic rings. The zero-order chi connectivity index (χ0) is 24.7. The van der Waals surface area contributed by atoms with Crippen LogP contribution in [0.25, 0.3) is 11.3 Å². The molecule has 0 spiro atoms. The van der Waals surface area contributed by atoms with Crippen LogP contribution < -0.4 is 15.8 Å². The van der Waals surface area contributed by atoms with Gasteiger partial charge in [0.15, 0.2) is 0 Å². The molecule has 4 rings (SSSR count). The SMILES string of the molecule is NS(=O)(=O)C1=CCC(n2nc(CCCNC(=O)NC3CCCCCC3)cc2-c2ccccc2)C=C1. The molecule has 9 heteroatoms. The van der Waals surface area contributed by atoms with Gasteiger partial charge in [0.2, 0.25) is 10.0 Å². The lowest BCUT2D eigenvalue weighted by atomic mass is 10.1. The number of sulfonamides is 1. The van der Waals surface area contributed by atoms with E-state index in [1.165, 1.54) is 25.7 Å². The summed E-state index contributed by atoms with van der Waals surface area (Å²) >= 11 is 0. The summed E-state index contributed by atoms with van der Waals surface area (Å²) in [4.78, 5) is 12.4. The van der Waals surface area contributed by atoms with Crippen LogP contribution in [0.3, 0.4) is 0 Å². The Hall–Kier alpha value is -2.91. The third-order valence-corrected chi connectivity index (χ3v) is 7.59. The Kier molecular flexibility index (Phi) is 8.41. The molecule has 1 atom stereocenters. The Morgan fingerprint density at radius 1 is 1.11 bits per heavy atom. The molecule has 0 bridgehead atoms. The highest BCUT2D eigenvalue weighted by molar-refractivity contribution is 7.93. The first-order valence-corrected chi connectivity index (χ1v) is 14.0. The number of aryl methyl sites for hydroxylation is 1. The third kappa shape index (κ3) is 7.05. The van der Waals surface area contributed by atoms with Gasteiger partial charge in [-0.25, -0.2) is 18.4 Å². The summed E-state index contributed by atoms with van der Waals surface area (Å²) in [5, 5.41) is 16.2. The molecule has 0 saturated heterocycles. The van der Waals surface area contributed by atoms with E-state index in [1.54, 1.807) is 12.2 Å². The zero-order valence-electron chi connectivity index (χ0n) is 20.0. The van der Waals surface area contributed by atoms with E-state index in [0.717, 1.165) is 42.6 Å². The Morgan fingerprint density at radius 3 is 2.51 bits per heavy atom. The minimum absolute atomic E-state index is 0.0859. The molecular formula is C26H35N5O3S. The molecule has 0 aliphatic heterocycles. The molecule has 2 aromatic rings. The predicted molar refractivity (Wildman–Crippen MR) is 138 cm³/mol. The lowest BCUT2D eigenvalue weighted by Gasteiger charge is -2.19. The monoisotopic (exact) mass is 497 g/mol. The van der Waals surface area contributed by atoms with Gasteiger partial charge in [0.25, 0.3) is 0 Å². The number of urea groups is 1. The van der Waals surface area contributed by atoms with E-state index in [2.05, 4.69) is 16.7 Å². The van der Waals surface area contributed by atoms with E-state index < -0.39 is 10.0 Å². The fourth-order valence-corrected chi connectivity index (χ4v) is 5.35. The van der Waals surface area contributed by atoms with Gasteiger partial charge in [-0.15, -0.1) is 0 Å². The lowest BCUT2D eigenvalue weighted by Crippen LogP contribution is -2.42. The molecule has 0 radical (unpaired) electrons. The molecule has 1 aromatic heterocycles. The number of carbonyl (C=O) groups excluding carboxylic acids is 1. The van der Waals surface area contributed by atoms with Gasteiger partial charge in [-0.05, 0) is 49.8 Å². The summed E-state index contributed by atoms with van der Waals surface area (Å²) in [7, 11) is -3.72. The van der Waals surface area contributed by atoms with Crippen molar-refractivity contribution in [2.75, 3.05) is 6.54 Å². The molecule has 1 fully saturated rings. The van der Waals surface area contributed by atoms with Gasteiger partial charge in [0.1, 0.15) is 0 Å². The van der Waals surface area contributed by atoms with Crippen molar-refractivity contribution in [1.29, 1.82) is 0 Å². The van der Waals surface area contributed by atoms with Crippen LogP contribution >= 0.6 is 0 Å². The van der Waals surface area contributed by atoms with Crippen molar-refractivity contribution in [3.05, 3.63) is 65.2 Å². The van der Waals surface area contributed by atoms with Crippen LogP contribution in [-0.4, -0.2) is 36.8 Å². The highest BCUT2D eigenvalue weighted by atomic mass is 32.2. The topological polar surface area (TPSA) is 119 Å². The number of aromatic nitrogens is 2. The average Bonchev–Trinajstić information content (AvgIpc) is 3.11. The zero-order valence-corrected chi connectivity index (χ0v) is 20.8. The number of primary sulfonamides is 1. The summed E-state index contributed by atoms with van der Waals surface area (Å²) in [5.74, 6) is 0. The molecule has 2 amide bonds. The second-order valence-corrected chi connectivity index (χ2v) is 10.9. The minimum Gasteiger partial charge on any atom is -0.338 e. The van der Waals surface area contributed by atoms with E-state index in [9.17, 15) is 13.2 Å². The summed E-state index contributed by atoms with van der Waals surface area (Å²) in [5.41, 5.74) is 2.95. The second kappa shape index (κ2) is 11.7. The van der Waals surface area contributed by atoms with Crippen LogP contribution in [-0.2, 0) is 16.4 Å². The van der Waals surface area contributed by atoms with Gasteiger partial charge in [0.05, 0.1) is 22.3 Å². The average molecular weight is 498 g/mol. The van der Waals surface area contributed by atoms with E-state index in [1.807, 2.05) is 41.1 Å². The van der Waals surface area contributed by atoms with Crippen molar-refractivity contribution in [3.8, 4) is 11.3 Å². The first-order chi connectivity index (χ1) is 16.9. The van der Waals surface area contributed by atoms with Crippen molar-refractivity contribution in [2.24, 2.45) is 5.14 Å². The maximum absolute atomic E-state index is 12.3. The third-order valence-electron chi connectivity index (χ3n) is 6.63. The number of nitrogens with two attached hydrogens (primary N) is 1. The molecule has 1 aromatic carbocycles. The quantitative estimate of drug-likeness (QED) is 0.374. The minimum atomic E-state index is -3.72. The number of nitrogens with zero attached hydrogens (tertiary/aromatic N) is 2. The van der Waals surface area contributed by atoms with Gasteiger partial charge >= 0.3 is 6.03 Å². The number of nitrogens with one attached hydrogen (secondary N) is 2. The number of carbonyl (C=O) groups is 1. The first kappa shape index (κ1) is 25.2. The van der Waals surface area contributed by atoms with Crippen LogP contribution in [0.2, 0.25) is 0 Å². The van der Waals surface area contributed by atoms with E-state index in [-0.39, 0.29) is 23.0 Å². The van der Waals surface area contributed by atoms with Crippen LogP contribution in [0.4, 0.5) is 4.79 Å². The summed E-state index contributed by atoms with van der Waals surface area (Å²) in [6.07, 6.45) is 14.1. The van der Waals surface area contributed by atoms with Crippen LogP contribution in [0.15, 0.2) is 59.5 Å². The Labute approximate surface area is 207 Å². The van der Waals surface area contributed by atoms with Gasteiger partial charge < -0.3 is 10.6 Å². The van der Waals surface area contributed by atoms with Crippen molar-refractivity contribution >= 4 is 16.1 Å². The van der Waals surface area contributed by atoms with Crippen molar-refractivity contribution < 1.29 is 13.2 Å². The number of amides is 2. The normalized spacial score (nSPS) is 19.1. The van der Waals surface area contributed by atoms with E-state index >= 15 is 0 Å². The van der Waals surface area contributed by atoms with Gasteiger partial charge in [-0.3, -0.25) is 4.68 Å². The summed E-state index contributed by atoms with van der Waals surface area (Å²) in [6.45, 7) is 0.579. The van der Waals surface area contributed by atoms with Crippen LogP contribution in [0.1, 0.15) is 63.1 Å². The van der Waals surface area contributed by atoms with Crippen molar-refractivity contribution in [1.82, 2.24) is 20.4 Å². The maximum atomic E-state index is 12.3. The summed E-state index contributed by atoms with van der Waals surface area (Å²) < 4.78 is 25.2. The number of rotatable bonds is 8. The molecule has 188 valence electrons. The number of hydrogen-bond donors (Lipinski definition) is 3. The van der Waals surface area contributed by atoms with Crippen molar-refractivity contribution in [3.63, 3.8) is 0 Å². The molecule has 8 nitrogen and oxygen atoms in total. The molecule has 1 saturated carbocycles. The maximum Gasteiger partial charge on any atom is 0.315 e. The van der Waals surface area contributed by atoms with Gasteiger partial charge in [0, 0.05) is 12.6 Å². The highest BCUT2D eigenvalue weighted by Crippen LogP contribution is 2.29. The lowest BCUT2D eigenvalue weighted by molar-refractivity contribution is 0.235. The number of hydrogen-bond acceptors (Lipinski definition) is 4. The van der Waals surface area contributed by atoms with E-state index in [4.69, 9.17) is 10.2 Å². The smallest absolute Gasteiger partial charge is 0.315 e. The van der Waals surface area contributed by atoms with E-state index in [0.29, 0.717) is 13.0 Å². The predicted octanol–water partition coefficient (Wildman–Crippen LogP) is 4.18. The molecule has 1 unspecified atom stereocenters. The largest absolute Gasteiger partial charge is 0.338 e. The molecule has 35 heavy (non-hydrogen) atoms. The Bertz CT molecular complexity index is 1160. The molecule has 1 heterocycles.